The van der Waals surface area contributed by atoms with E-state index in [1.807, 2.05) is 4.90 Å². The van der Waals surface area contributed by atoms with Crippen molar-refractivity contribution in [3.8, 4) is 0 Å². The summed E-state index contributed by atoms with van der Waals surface area (Å²) in [6, 6.07) is 0.0906. The minimum atomic E-state index is -0.825. The third-order valence-electron chi connectivity index (χ3n) is 4.26. The fraction of sp³-hybridized carbons (Fsp3) is 0.857. The Balaban J connectivity index is 1.76. The maximum atomic E-state index is 12.2. The average Bonchev–Trinajstić information content (AvgIpc) is 2.66. The quantitative estimate of drug-likeness (QED) is 0.687. The molecular formula is C14H25N3O4. The maximum Gasteiger partial charge on any atom is 0.317 e. The lowest BCUT2D eigenvalue weighted by Gasteiger charge is -2.29. The number of carbonyl (C=O) groups excluding carboxylic acids is 1. The number of aliphatic hydroxyl groups is 1. The van der Waals surface area contributed by atoms with Gasteiger partial charge in [-0.25, -0.2) is 4.79 Å². The molecule has 1 aliphatic carbocycles. The minimum absolute atomic E-state index is 0.0377. The lowest BCUT2D eigenvalue weighted by molar-refractivity contribution is -0.138. The van der Waals surface area contributed by atoms with Crippen LogP contribution in [0.4, 0.5) is 4.79 Å². The van der Waals surface area contributed by atoms with Crippen molar-refractivity contribution in [2.45, 2.75) is 44.2 Å². The third kappa shape index (κ3) is 5.17. The molecular weight excluding hydrogens is 274 g/mol. The number of aliphatic carboxylic acids is 1. The van der Waals surface area contributed by atoms with Crippen LogP contribution in [0.3, 0.4) is 0 Å². The Morgan fingerprint density at radius 2 is 1.76 bits per heavy atom. The molecule has 2 rings (SSSR count). The fourth-order valence-electron chi connectivity index (χ4n) is 3.01. The topological polar surface area (TPSA) is 93.1 Å². The fourth-order valence-corrected chi connectivity index (χ4v) is 3.01. The Morgan fingerprint density at radius 1 is 1.05 bits per heavy atom. The summed E-state index contributed by atoms with van der Waals surface area (Å²) >= 11 is 0. The molecule has 1 aliphatic heterocycles. The van der Waals surface area contributed by atoms with Gasteiger partial charge in [0.25, 0.3) is 0 Å². The normalized spacial score (nSPS) is 28.0. The number of hydrogen-bond acceptors (Lipinski definition) is 4. The molecule has 0 aromatic rings. The van der Waals surface area contributed by atoms with Crippen LogP contribution in [-0.4, -0.2) is 76.9 Å². The van der Waals surface area contributed by atoms with Gasteiger partial charge in [-0.15, -0.1) is 0 Å². The van der Waals surface area contributed by atoms with Crippen LogP contribution in [0.5, 0.6) is 0 Å². The number of carbonyl (C=O) groups is 2. The smallest absolute Gasteiger partial charge is 0.317 e. The van der Waals surface area contributed by atoms with Gasteiger partial charge in [0.15, 0.2) is 0 Å². The van der Waals surface area contributed by atoms with E-state index in [9.17, 15) is 14.7 Å². The lowest BCUT2D eigenvalue weighted by Crippen LogP contribution is -2.47. The summed E-state index contributed by atoms with van der Waals surface area (Å²) in [6.45, 7) is 2.58. The molecule has 2 aliphatic rings. The molecule has 0 radical (unpaired) electrons. The average molecular weight is 299 g/mol. The Hall–Kier alpha value is -1.34. The summed E-state index contributed by atoms with van der Waals surface area (Å²) in [7, 11) is 0. The Kier molecular flexibility index (Phi) is 5.81. The van der Waals surface area contributed by atoms with Crippen LogP contribution < -0.4 is 5.32 Å². The van der Waals surface area contributed by atoms with Crippen molar-refractivity contribution in [1.29, 1.82) is 0 Å². The molecule has 1 heterocycles. The molecule has 1 saturated heterocycles. The summed E-state index contributed by atoms with van der Waals surface area (Å²) < 4.78 is 0. The standard InChI is InChI=1S/C14H25N3O4/c18-12-4-2-11(3-5-12)15-14(21)17-7-1-6-16(8-9-17)10-13(19)20/h11-12,18H,1-10H2,(H,15,21)(H,19,20). The highest BCUT2D eigenvalue weighted by atomic mass is 16.4. The molecule has 2 fully saturated rings. The zero-order chi connectivity index (χ0) is 15.2. The van der Waals surface area contributed by atoms with Crippen LogP contribution >= 0.6 is 0 Å². The highest BCUT2D eigenvalue weighted by Crippen LogP contribution is 2.18. The second-order valence-electron chi connectivity index (χ2n) is 5.97. The molecule has 0 aromatic carbocycles. The summed E-state index contributed by atoms with van der Waals surface area (Å²) in [5, 5.41) is 21.3. The number of amides is 2. The molecule has 0 unspecified atom stereocenters. The number of aliphatic hydroxyl groups excluding tert-OH is 1. The minimum Gasteiger partial charge on any atom is -0.480 e. The van der Waals surface area contributed by atoms with Crippen molar-refractivity contribution in [2.24, 2.45) is 0 Å². The van der Waals surface area contributed by atoms with Crippen LogP contribution in [0, 0.1) is 0 Å². The van der Waals surface area contributed by atoms with E-state index in [2.05, 4.69) is 5.32 Å². The predicted octanol–water partition coefficient (Wildman–Crippen LogP) is 0.0918. The van der Waals surface area contributed by atoms with E-state index in [1.54, 1.807) is 4.90 Å². The van der Waals surface area contributed by atoms with Gasteiger partial charge in [-0.05, 0) is 32.1 Å². The zero-order valence-electron chi connectivity index (χ0n) is 12.3. The highest BCUT2D eigenvalue weighted by molar-refractivity contribution is 5.74. The maximum absolute atomic E-state index is 12.2. The summed E-state index contributed by atoms with van der Waals surface area (Å²) in [6.07, 6.45) is 3.72. The highest BCUT2D eigenvalue weighted by Gasteiger charge is 2.24. The molecule has 0 aromatic heterocycles. The van der Waals surface area contributed by atoms with Crippen molar-refractivity contribution in [3.05, 3.63) is 0 Å². The van der Waals surface area contributed by atoms with Gasteiger partial charge in [-0.3, -0.25) is 9.69 Å². The molecule has 3 N–H and O–H groups in total. The Bertz CT molecular complexity index is 369. The molecule has 0 atom stereocenters. The first-order valence-corrected chi connectivity index (χ1v) is 7.72. The van der Waals surface area contributed by atoms with Gasteiger partial charge in [0.05, 0.1) is 12.6 Å². The number of rotatable bonds is 3. The van der Waals surface area contributed by atoms with Gasteiger partial charge in [-0.2, -0.15) is 0 Å². The summed E-state index contributed by atoms with van der Waals surface area (Å²) in [5.74, 6) is -0.825. The van der Waals surface area contributed by atoms with Gasteiger partial charge in [0.2, 0.25) is 0 Å². The van der Waals surface area contributed by atoms with E-state index in [-0.39, 0.29) is 24.7 Å². The number of carboxylic acids is 1. The van der Waals surface area contributed by atoms with Crippen molar-refractivity contribution >= 4 is 12.0 Å². The number of nitrogens with zero attached hydrogens (tertiary/aromatic N) is 2. The SMILES string of the molecule is O=C(O)CN1CCCN(C(=O)NC2CCC(O)CC2)CC1. The number of carboxylic acid groups (broad SMARTS) is 1. The summed E-state index contributed by atoms with van der Waals surface area (Å²) in [4.78, 5) is 26.6. The Morgan fingerprint density at radius 3 is 2.43 bits per heavy atom. The second kappa shape index (κ2) is 7.61. The van der Waals surface area contributed by atoms with Gasteiger partial charge < -0.3 is 20.4 Å². The summed E-state index contributed by atoms with van der Waals surface area (Å²) in [5.41, 5.74) is 0. The first-order valence-electron chi connectivity index (χ1n) is 7.72. The van der Waals surface area contributed by atoms with Crippen molar-refractivity contribution in [3.63, 3.8) is 0 Å². The van der Waals surface area contributed by atoms with Gasteiger partial charge in [-0.1, -0.05) is 0 Å². The number of nitrogens with one attached hydrogen (secondary N) is 1. The van der Waals surface area contributed by atoms with E-state index < -0.39 is 5.97 Å². The second-order valence-corrected chi connectivity index (χ2v) is 5.97. The van der Waals surface area contributed by atoms with Gasteiger partial charge in [0, 0.05) is 32.2 Å². The van der Waals surface area contributed by atoms with Crippen LogP contribution in [0.1, 0.15) is 32.1 Å². The van der Waals surface area contributed by atoms with E-state index in [0.29, 0.717) is 26.2 Å². The van der Waals surface area contributed by atoms with Crippen LogP contribution in [0.25, 0.3) is 0 Å². The van der Waals surface area contributed by atoms with Crippen molar-refractivity contribution in [1.82, 2.24) is 15.1 Å². The van der Waals surface area contributed by atoms with Gasteiger partial charge >= 0.3 is 12.0 Å². The van der Waals surface area contributed by atoms with Crippen LogP contribution in [0.2, 0.25) is 0 Å². The predicted molar refractivity (Wildman–Crippen MR) is 77.1 cm³/mol. The van der Waals surface area contributed by atoms with E-state index >= 15 is 0 Å². The van der Waals surface area contributed by atoms with E-state index in [4.69, 9.17) is 5.11 Å². The van der Waals surface area contributed by atoms with Crippen molar-refractivity contribution in [2.75, 3.05) is 32.7 Å². The molecule has 21 heavy (non-hydrogen) atoms. The van der Waals surface area contributed by atoms with E-state index in [0.717, 1.165) is 32.1 Å². The third-order valence-corrected chi connectivity index (χ3v) is 4.26. The molecule has 120 valence electrons. The Labute approximate surface area is 124 Å². The molecule has 7 heteroatoms. The van der Waals surface area contributed by atoms with E-state index in [1.165, 1.54) is 0 Å². The monoisotopic (exact) mass is 299 g/mol. The number of urea groups is 1. The van der Waals surface area contributed by atoms with Gasteiger partial charge in [0.1, 0.15) is 0 Å². The first kappa shape index (κ1) is 16.0. The molecule has 7 nitrogen and oxygen atoms in total. The van der Waals surface area contributed by atoms with Crippen molar-refractivity contribution < 1.29 is 19.8 Å². The zero-order valence-corrected chi connectivity index (χ0v) is 12.3. The molecule has 0 bridgehead atoms. The van der Waals surface area contributed by atoms with Crippen LogP contribution in [0.15, 0.2) is 0 Å². The molecule has 2 amide bonds. The first-order chi connectivity index (χ1) is 10.0. The number of hydrogen-bond donors (Lipinski definition) is 3. The lowest BCUT2D eigenvalue weighted by atomic mass is 9.93. The molecule has 0 spiro atoms. The molecule has 1 saturated carbocycles. The van der Waals surface area contributed by atoms with Crippen LogP contribution in [-0.2, 0) is 4.79 Å². The largest absolute Gasteiger partial charge is 0.480 e.